The van der Waals surface area contributed by atoms with Gasteiger partial charge in [0.2, 0.25) is 0 Å². The van der Waals surface area contributed by atoms with E-state index in [2.05, 4.69) is 20.9 Å². The lowest BCUT2D eigenvalue weighted by atomic mass is 10.0. The summed E-state index contributed by atoms with van der Waals surface area (Å²) in [6.07, 6.45) is 1.03. The standard InChI is InChI=1S/C15H19N3O2/c1-3-20-6-4-5-18-9-11-7-12-13(8-14(11)18)16-10(2)15(19)17-12/h7-8H,3-6,9H2,1-2H3,(H,17,19). The number of nitrogens with one attached hydrogen (secondary N) is 1. The van der Waals surface area contributed by atoms with Crippen LogP contribution in [0.2, 0.25) is 0 Å². The van der Waals surface area contributed by atoms with Crippen LogP contribution in [0.25, 0.3) is 11.0 Å². The van der Waals surface area contributed by atoms with Crippen molar-refractivity contribution < 1.29 is 4.74 Å². The van der Waals surface area contributed by atoms with Crippen LogP contribution in [-0.2, 0) is 11.3 Å². The molecule has 2 heterocycles. The van der Waals surface area contributed by atoms with E-state index in [1.54, 1.807) is 6.92 Å². The summed E-state index contributed by atoms with van der Waals surface area (Å²) < 4.78 is 5.36. The maximum absolute atomic E-state index is 11.6. The molecule has 5 heteroatoms. The van der Waals surface area contributed by atoms with Crippen molar-refractivity contribution in [1.29, 1.82) is 0 Å². The molecule has 0 unspecified atom stereocenters. The normalized spacial score (nSPS) is 13.4. The average molecular weight is 273 g/mol. The first-order chi connectivity index (χ1) is 9.69. The summed E-state index contributed by atoms with van der Waals surface area (Å²) in [6.45, 7) is 7.27. The number of benzene rings is 1. The van der Waals surface area contributed by atoms with Crippen LogP contribution in [0.1, 0.15) is 24.6 Å². The van der Waals surface area contributed by atoms with E-state index in [0.29, 0.717) is 5.69 Å². The number of anilines is 1. The maximum Gasteiger partial charge on any atom is 0.269 e. The predicted octanol–water partition coefficient (Wildman–Crippen LogP) is 1.98. The van der Waals surface area contributed by atoms with Gasteiger partial charge >= 0.3 is 0 Å². The fraction of sp³-hybridized carbons (Fsp3) is 0.467. The SMILES string of the molecule is CCOCCCN1Cc2cc3[nH]c(=O)c(C)nc3cc21. The molecule has 0 spiro atoms. The Labute approximate surface area is 117 Å². The Morgan fingerprint density at radius 3 is 3.10 bits per heavy atom. The largest absolute Gasteiger partial charge is 0.382 e. The smallest absolute Gasteiger partial charge is 0.269 e. The van der Waals surface area contributed by atoms with Gasteiger partial charge in [-0.2, -0.15) is 0 Å². The van der Waals surface area contributed by atoms with E-state index in [1.807, 2.05) is 13.0 Å². The van der Waals surface area contributed by atoms with Crippen molar-refractivity contribution in [2.24, 2.45) is 0 Å². The number of aryl methyl sites for hydroxylation is 1. The molecular weight excluding hydrogens is 254 g/mol. The molecule has 1 aliphatic heterocycles. The molecule has 20 heavy (non-hydrogen) atoms. The van der Waals surface area contributed by atoms with E-state index in [0.717, 1.165) is 43.8 Å². The second kappa shape index (κ2) is 5.25. The fourth-order valence-electron chi connectivity index (χ4n) is 2.58. The summed E-state index contributed by atoms with van der Waals surface area (Å²) in [5.74, 6) is 0. The third-order valence-corrected chi connectivity index (χ3v) is 3.68. The number of aromatic nitrogens is 2. The van der Waals surface area contributed by atoms with Gasteiger partial charge in [0, 0.05) is 32.0 Å². The minimum atomic E-state index is -0.106. The molecule has 106 valence electrons. The molecule has 0 bridgehead atoms. The van der Waals surface area contributed by atoms with Crippen LogP contribution in [0, 0.1) is 6.92 Å². The number of nitrogens with zero attached hydrogens (tertiary/aromatic N) is 2. The predicted molar refractivity (Wildman–Crippen MR) is 79.3 cm³/mol. The Morgan fingerprint density at radius 1 is 1.45 bits per heavy atom. The van der Waals surface area contributed by atoms with Gasteiger partial charge in [-0.1, -0.05) is 0 Å². The van der Waals surface area contributed by atoms with Crippen LogP contribution in [0.3, 0.4) is 0 Å². The maximum atomic E-state index is 11.6. The van der Waals surface area contributed by atoms with Gasteiger partial charge in [-0.15, -0.1) is 0 Å². The Bertz CT molecular complexity index is 693. The minimum Gasteiger partial charge on any atom is -0.382 e. The summed E-state index contributed by atoms with van der Waals surface area (Å²) in [4.78, 5) is 21.1. The molecule has 0 amide bonds. The molecule has 5 nitrogen and oxygen atoms in total. The molecule has 0 saturated carbocycles. The molecule has 0 atom stereocenters. The number of hydrogen-bond acceptors (Lipinski definition) is 4. The van der Waals surface area contributed by atoms with E-state index in [1.165, 1.54) is 11.3 Å². The van der Waals surface area contributed by atoms with Crippen LogP contribution in [0.15, 0.2) is 16.9 Å². The van der Waals surface area contributed by atoms with E-state index in [-0.39, 0.29) is 5.56 Å². The van der Waals surface area contributed by atoms with Crippen LogP contribution < -0.4 is 10.5 Å². The van der Waals surface area contributed by atoms with Gasteiger partial charge in [-0.3, -0.25) is 4.79 Å². The lowest BCUT2D eigenvalue weighted by Crippen LogP contribution is -2.34. The van der Waals surface area contributed by atoms with E-state index in [4.69, 9.17) is 4.74 Å². The zero-order valence-electron chi connectivity index (χ0n) is 11.9. The Hall–Kier alpha value is -1.88. The van der Waals surface area contributed by atoms with Gasteiger partial charge < -0.3 is 14.6 Å². The third-order valence-electron chi connectivity index (χ3n) is 3.68. The highest BCUT2D eigenvalue weighted by molar-refractivity contribution is 5.83. The van der Waals surface area contributed by atoms with Gasteiger partial charge in [0.15, 0.2) is 0 Å². The van der Waals surface area contributed by atoms with Gasteiger partial charge in [0.05, 0.1) is 11.0 Å². The van der Waals surface area contributed by atoms with Crippen molar-refractivity contribution in [3.63, 3.8) is 0 Å². The highest BCUT2D eigenvalue weighted by atomic mass is 16.5. The van der Waals surface area contributed by atoms with E-state index in [9.17, 15) is 4.79 Å². The van der Waals surface area contributed by atoms with E-state index >= 15 is 0 Å². The lowest BCUT2D eigenvalue weighted by molar-refractivity contribution is 0.146. The molecule has 3 rings (SSSR count). The fourth-order valence-corrected chi connectivity index (χ4v) is 2.58. The molecule has 0 saturated heterocycles. The molecule has 0 radical (unpaired) electrons. The van der Waals surface area contributed by atoms with Crippen molar-refractivity contribution in [1.82, 2.24) is 9.97 Å². The van der Waals surface area contributed by atoms with Crippen LogP contribution in [0.5, 0.6) is 0 Å². The summed E-state index contributed by atoms with van der Waals surface area (Å²) in [7, 11) is 0. The summed E-state index contributed by atoms with van der Waals surface area (Å²) in [5, 5.41) is 0. The second-order valence-corrected chi connectivity index (χ2v) is 5.12. The highest BCUT2D eigenvalue weighted by Gasteiger charge is 2.23. The summed E-state index contributed by atoms with van der Waals surface area (Å²) >= 11 is 0. The number of fused-ring (bicyclic) bond motifs is 2. The van der Waals surface area contributed by atoms with Crippen molar-refractivity contribution in [2.75, 3.05) is 24.7 Å². The van der Waals surface area contributed by atoms with Crippen LogP contribution >= 0.6 is 0 Å². The zero-order chi connectivity index (χ0) is 14.1. The first-order valence-corrected chi connectivity index (χ1v) is 7.05. The van der Waals surface area contributed by atoms with Crippen LogP contribution in [-0.4, -0.2) is 29.7 Å². The average Bonchev–Trinajstić information content (AvgIpc) is 2.41. The molecule has 0 aliphatic carbocycles. The first kappa shape index (κ1) is 13.1. The Morgan fingerprint density at radius 2 is 2.30 bits per heavy atom. The summed E-state index contributed by atoms with van der Waals surface area (Å²) in [6, 6.07) is 4.11. The lowest BCUT2D eigenvalue weighted by Gasteiger charge is -2.36. The zero-order valence-corrected chi connectivity index (χ0v) is 11.9. The number of ether oxygens (including phenoxy) is 1. The van der Waals surface area contributed by atoms with Gasteiger partial charge in [0.1, 0.15) is 5.69 Å². The monoisotopic (exact) mass is 273 g/mol. The number of aromatic amines is 1. The van der Waals surface area contributed by atoms with E-state index < -0.39 is 0 Å². The molecular formula is C15H19N3O2. The third kappa shape index (κ3) is 2.29. The quantitative estimate of drug-likeness (QED) is 0.846. The molecule has 1 aliphatic rings. The van der Waals surface area contributed by atoms with Crippen molar-refractivity contribution >= 4 is 16.7 Å². The van der Waals surface area contributed by atoms with Crippen LogP contribution in [0.4, 0.5) is 5.69 Å². The number of H-pyrrole nitrogens is 1. The van der Waals surface area contributed by atoms with Gasteiger partial charge in [-0.25, -0.2) is 4.98 Å². The van der Waals surface area contributed by atoms with Crippen molar-refractivity contribution in [3.8, 4) is 0 Å². The molecule has 1 aromatic heterocycles. The van der Waals surface area contributed by atoms with Gasteiger partial charge in [0.25, 0.3) is 5.56 Å². The molecule has 1 N–H and O–H groups in total. The van der Waals surface area contributed by atoms with Crippen molar-refractivity contribution in [3.05, 3.63) is 33.7 Å². The minimum absolute atomic E-state index is 0.106. The summed E-state index contributed by atoms with van der Waals surface area (Å²) in [5.41, 5.74) is 4.59. The highest BCUT2D eigenvalue weighted by Crippen LogP contribution is 2.35. The topological polar surface area (TPSA) is 58.2 Å². The number of rotatable bonds is 5. The van der Waals surface area contributed by atoms with Crippen molar-refractivity contribution in [2.45, 2.75) is 26.8 Å². The molecule has 0 fully saturated rings. The molecule has 1 aromatic carbocycles. The van der Waals surface area contributed by atoms with Gasteiger partial charge in [-0.05, 0) is 38.0 Å². The second-order valence-electron chi connectivity index (χ2n) is 5.12. The molecule has 2 aromatic rings. The first-order valence-electron chi connectivity index (χ1n) is 7.05. The Balaban J connectivity index is 1.80. The Kier molecular flexibility index (Phi) is 3.44. The number of hydrogen-bond donors (Lipinski definition) is 1.